The van der Waals surface area contributed by atoms with Gasteiger partial charge >= 0.3 is 5.97 Å². The second-order valence-electron chi connectivity index (χ2n) is 3.56. The molecule has 0 aromatic heterocycles. The Morgan fingerprint density at radius 1 is 1.24 bits per heavy atom. The van der Waals surface area contributed by atoms with Gasteiger partial charge in [-0.15, -0.1) is 0 Å². The molecular formula is C13H11ClO3. The molecule has 2 aromatic rings. The number of esters is 1. The van der Waals surface area contributed by atoms with Gasteiger partial charge in [0.25, 0.3) is 0 Å². The lowest BCUT2D eigenvalue weighted by molar-refractivity contribution is -0.131. The molecule has 0 saturated carbocycles. The minimum absolute atomic E-state index is 0.361. The van der Waals surface area contributed by atoms with E-state index in [-0.39, 0.29) is 0 Å². The fourth-order valence-corrected chi connectivity index (χ4v) is 1.87. The second-order valence-corrected chi connectivity index (χ2v) is 3.94. The zero-order chi connectivity index (χ0) is 12.4. The zero-order valence-electron chi connectivity index (χ0n) is 9.49. The minimum Gasteiger partial charge on any atom is -0.497 e. The van der Waals surface area contributed by atoms with E-state index in [9.17, 15) is 4.79 Å². The fourth-order valence-electron chi connectivity index (χ4n) is 1.60. The molecule has 0 bridgehead atoms. The van der Waals surface area contributed by atoms with E-state index in [1.54, 1.807) is 13.2 Å². The summed E-state index contributed by atoms with van der Waals surface area (Å²) in [6.45, 7) is 1.34. The largest absolute Gasteiger partial charge is 0.497 e. The molecule has 4 heteroatoms. The molecule has 0 fully saturated rings. The maximum Gasteiger partial charge on any atom is 0.308 e. The molecule has 0 amide bonds. The maximum atomic E-state index is 10.9. The van der Waals surface area contributed by atoms with Crippen molar-refractivity contribution in [1.82, 2.24) is 0 Å². The average Bonchev–Trinajstić information content (AvgIpc) is 2.32. The van der Waals surface area contributed by atoms with Crippen LogP contribution in [0.2, 0.25) is 5.02 Å². The molecule has 88 valence electrons. The summed E-state index contributed by atoms with van der Waals surface area (Å²) in [7, 11) is 1.59. The van der Waals surface area contributed by atoms with Gasteiger partial charge in [-0.1, -0.05) is 23.7 Å². The standard InChI is InChI=1S/C13H11ClO3/c1-8(15)17-12-6-4-9-3-5-10(16-2)7-11(9)13(12)14/h3-7H,1-2H3. The Morgan fingerprint density at radius 3 is 2.59 bits per heavy atom. The molecule has 0 heterocycles. The Labute approximate surface area is 104 Å². The Balaban J connectivity index is 2.59. The van der Waals surface area contributed by atoms with Crippen LogP contribution in [0, 0.1) is 0 Å². The predicted octanol–water partition coefficient (Wildman–Crippen LogP) is 3.43. The Kier molecular flexibility index (Phi) is 3.20. The smallest absolute Gasteiger partial charge is 0.308 e. The molecule has 0 spiro atoms. The monoisotopic (exact) mass is 250 g/mol. The first-order chi connectivity index (χ1) is 8.11. The Hall–Kier alpha value is -1.74. The van der Waals surface area contributed by atoms with Crippen LogP contribution in [0.4, 0.5) is 0 Å². The molecular weight excluding hydrogens is 240 g/mol. The first kappa shape index (κ1) is 11.7. The van der Waals surface area contributed by atoms with Crippen LogP contribution >= 0.6 is 11.6 Å². The number of carbonyl (C=O) groups is 1. The highest BCUT2D eigenvalue weighted by Gasteiger charge is 2.09. The number of carbonyl (C=O) groups excluding carboxylic acids is 1. The average molecular weight is 251 g/mol. The van der Waals surface area contributed by atoms with E-state index in [1.165, 1.54) is 6.92 Å². The number of hydrogen-bond acceptors (Lipinski definition) is 3. The van der Waals surface area contributed by atoms with Crippen LogP contribution in [0.5, 0.6) is 11.5 Å². The van der Waals surface area contributed by atoms with E-state index in [0.29, 0.717) is 16.5 Å². The van der Waals surface area contributed by atoms with Crippen molar-refractivity contribution < 1.29 is 14.3 Å². The van der Waals surface area contributed by atoms with Crippen molar-refractivity contribution in [2.45, 2.75) is 6.92 Å². The summed E-state index contributed by atoms with van der Waals surface area (Å²) in [5.74, 6) is 0.674. The molecule has 0 N–H and O–H groups in total. The Morgan fingerprint density at radius 2 is 1.94 bits per heavy atom. The van der Waals surface area contributed by atoms with Crippen LogP contribution in [-0.4, -0.2) is 13.1 Å². The molecule has 2 aromatic carbocycles. The summed E-state index contributed by atoms with van der Waals surface area (Å²) in [5.41, 5.74) is 0. The van der Waals surface area contributed by atoms with E-state index < -0.39 is 5.97 Å². The van der Waals surface area contributed by atoms with E-state index in [0.717, 1.165) is 10.8 Å². The highest BCUT2D eigenvalue weighted by molar-refractivity contribution is 6.37. The number of fused-ring (bicyclic) bond motifs is 1. The summed E-state index contributed by atoms with van der Waals surface area (Å²) >= 11 is 6.18. The molecule has 0 radical (unpaired) electrons. The number of ether oxygens (including phenoxy) is 2. The molecule has 0 aliphatic heterocycles. The van der Waals surface area contributed by atoms with Crippen molar-refractivity contribution >= 4 is 28.3 Å². The van der Waals surface area contributed by atoms with Gasteiger partial charge in [-0.25, -0.2) is 0 Å². The van der Waals surface area contributed by atoms with Crippen LogP contribution in [-0.2, 0) is 4.79 Å². The third-order valence-corrected chi connectivity index (χ3v) is 2.77. The van der Waals surface area contributed by atoms with Gasteiger partial charge in [0.05, 0.1) is 12.1 Å². The SMILES string of the molecule is COc1ccc2ccc(OC(C)=O)c(Cl)c2c1. The summed E-state index contributed by atoms with van der Waals surface area (Å²) in [4.78, 5) is 10.9. The zero-order valence-corrected chi connectivity index (χ0v) is 10.2. The van der Waals surface area contributed by atoms with Crippen LogP contribution in [0.25, 0.3) is 10.8 Å². The number of rotatable bonds is 2. The van der Waals surface area contributed by atoms with Gasteiger partial charge in [-0.05, 0) is 23.6 Å². The van der Waals surface area contributed by atoms with Gasteiger partial charge < -0.3 is 9.47 Å². The van der Waals surface area contributed by atoms with Gasteiger partial charge in [0.15, 0.2) is 0 Å². The topological polar surface area (TPSA) is 35.5 Å². The summed E-state index contributed by atoms with van der Waals surface area (Å²) in [5, 5.41) is 2.17. The fraction of sp³-hybridized carbons (Fsp3) is 0.154. The van der Waals surface area contributed by atoms with Gasteiger partial charge in [0.2, 0.25) is 0 Å². The second kappa shape index (κ2) is 4.63. The van der Waals surface area contributed by atoms with Crippen LogP contribution in [0.15, 0.2) is 30.3 Å². The molecule has 3 nitrogen and oxygen atoms in total. The number of methoxy groups -OCH3 is 1. The van der Waals surface area contributed by atoms with E-state index in [4.69, 9.17) is 21.1 Å². The van der Waals surface area contributed by atoms with E-state index in [2.05, 4.69) is 0 Å². The number of halogens is 1. The highest BCUT2D eigenvalue weighted by Crippen LogP contribution is 2.34. The Bertz CT molecular complexity index is 578. The van der Waals surface area contributed by atoms with Gasteiger partial charge in [-0.2, -0.15) is 0 Å². The molecule has 17 heavy (non-hydrogen) atoms. The molecule has 0 atom stereocenters. The number of hydrogen-bond donors (Lipinski definition) is 0. The molecule has 2 rings (SSSR count). The first-order valence-electron chi connectivity index (χ1n) is 5.06. The normalized spacial score (nSPS) is 10.3. The third kappa shape index (κ3) is 2.34. The minimum atomic E-state index is -0.394. The highest BCUT2D eigenvalue weighted by atomic mass is 35.5. The summed E-state index contributed by atoms with van der Waals surface area (Å²) < 4.78 is 10.1. The van der Waals surface area contributed by atoms with Crippen LogP contribution < -0.4 is 9.47 Å². The predicted molar refractivity (Wildman–Crippen MR) is 66.8 cm³/mol. The molecule has 0 unspecified atom stereocenters. The van der Waals surface area contributed by atoms with E-state index in [1.807, 2.05) is 24.3 Å². The van der Waals surface area contributed by atoms with Crippen molar-refractivity contribution in [2.75, 3.05) is 7.11 Å². The maximum absolute atomic E-state index is 10.9. The quantitative estimate of drug-likeness (QED) is 0.605. The lowest BCUT2D eigenvalue weighted by Gasteiger charge is -2.08. The lowest BCUT2D eigenvalue weighted by Crippen LogP contribution is -2.01. The van der Waals surface area contributed by atoms with E-state index >= 15 is 0 Å². The van der Waals surface area contributed by atoms with Crippen LogP contribution in [0.1, 0.15) is 6.92 Å². The summed E-state index contributed by atoms with van der Waals surface area (Å²) in [6.07, 6.45) is 0. The molecule has 0 aliphatic rings. The molecule has 0 saturated heterocycles. The van der Waals surface area contributed by atoms with Gasteiger partial charge in [-0.3, -0.25) is 4.79 Å². The van der Waals surface area contributed by atoms with Crippen molar-refractivity contribution in [1.29, 1.82) is 0 Å². The molecule has 0 aliphatic carbocycles. The first-order valence-corrected chi connectivity index (χ1v) is 5.44. The van der Waals surface area contributed by atoms with Crippen molar-refractivity contribution in [2.24, 2.45) is 0 Å². The van der Waals surface area contributed by atoms with Crippen LogP contribution in [0.3, 0.4) is 0 Å². The van der Waals surface area contributed by atoms with Gasteiger partial charge in [0, 0.05) is 12.3 Å². The van der Waals surface area contributed by atoms with Gasteiger partial charge in [0.1, 0.15) is 11.5 Å². The van der Waals surface area contributed by atoms with Crippen molar-refractivity contribution in [3.63, 3.8) is 0 Å². The van der Waals surface area contributed by atoms with Crippen molar-refractivity contribution in [3.8, 4) is 11.5 Å². The third-order valence-electron chi connectivity index (χ3n) is 2.38. The number of benzene rings is 2. The lowest BCUT2D eigenvalue weighted by atomic mass is 10.1. The van der Waals surface area contributed by atoms with Crippen molar-refractivity contribution in [3.05, 3.63) is 35.4 Å². The summed E-state index contributed by atoms with van der Waals surface area (Å²) in [6, 6.07) is 9.09.